The molecule has 4 fully saturated rings. The van der Waals surface area contributed by atoms with E-state index in [-0.39, 0.29) is 5.41 Å². The summed E-state index contributed by atoms with van der Waals surface area (Å²) in [6.07, 6.45) is 7.13. The van der Waals surface area contributed by atoms with E-state index >= 15 is 0 Å². The van der Waals surface area contributed by atoms with Crippen LogP contribution in [-0.2, 0) is 5.41 Å². The predicted octanol–water partition coefficient (Wildman–Crippen LogP) is 11.7. The summed E-state index contributed by atoms with van der Waals surface area (Å²) in [6, 6.07) is 45.4. The Morgan fingerprint density at radius 1 is 0.444 bits per heavy atom. The van der Waals surface area contributed by atoms with Crippen molar-refractivity contribution in [3.8, 4) is 56.0 Å². The average molecular weight is 579 g/mol. The van der Waals surface area contributed by atoms with Crippen LogP contribution in [0.2, 0.25) is 0 Å². The molecule has 0 unspecified atom stereocenters. The summed E-state index contributed by atoms with van der Waals surface area (Å²) in [5, 5.41) is 2.50. The van der Waals surface area contributed by atoms with Gasteiger partial charge in [-0.05, 0) is 135 Å². The molecule has 4 saturated carbocycles. The smallest absolute Gasteiger partial charge is 0.135 e. The van der Waals surface area contributed by atoms with Crippen LogP contribution in [-0.4, -0.2) is 0 Å². The van der Waals surface area contributed by atoms with E-state index in [0.29, 0.717) is 0 Å². The third-order valence-corrected chi connectivity index (χ3v) is 12.5. The highest BCUT2D eigenvalue weighted by Gasteiger charge is 2.61. The van der Waals surface area contributed by atoms with Gasteiger partial charge in [-0.1, -0.05) is 97.1 Å². The lowest BCUT2D eigenvalue weighted by atomic mass is 9.43. The zero-order valence-electron chi connectivity index (χ0n) is 25.3. The molecule has 4 bridgehead atoms. The van der Waals surface area contributed by atoms with Gasteiger partial charge < -0.3 is 4.74 Å². The largest absolute Gasteiger partial charge is 0.456 e. The van der Waals surface area contributed by atoms with Gasteiger partial charge in [-0.2, -0.15) is 0 Å². The number of fused-ring (bicyclic) bond motifs is 5. The molecule has 45 heavy (non-hydrogen) atoms. The summed E-state index contributed by atoms with van der Waals surface area (Å²) in [4.78, 5) is 0. The monoisotopic (exact) mass is 578 g/mol. The van der Waals surface area contributed by atoms with Crippen LogP contribution < -0.4 is 4.74 Å². The summed E-state index contributed by atoms with van der Waals surface area (Å²) in [6.45, 7) is 0. The van der Waals surface area contributed by atoms with Crippen molar-refractivity contribution in [2.24, 2.45) is 23.7 Å². The van der Waals surface area contributed by atoms with Crippen molar-refractivity contribution < 1.29 is 4.74 Å². The molecule has 1 heteroatoms. The molecule has 0 radical (unpaired) electrons. The minimum Gasteiger partial charge on any atom is -0.456 e. The molecular formula is C44H34O. The lowest BCUT2D eigenvalue weighted by molar-refractivity contribution is -0.0399. The molecule has 1 nitrogen and oxygen atoms in total. The van der Waals surface area contributed by atoms with Gasteiger partial charge in [-0.3, -0.25) is 0 Å². The predicted molar refractivity (Wildman–Crippen MR) is 184 cm³/mol. The maximum Gasteiger partial charge on any atom is 0.135 e. The van der Waals surface area contributed by atoms with Crippen molar-refractivity contribution in [1.82, 2.24) is 0 Å². The molecule has 6 aromatic rings. The number of benzene rings is 6. The molecule has 0 N–H and O–H groups in total. The first-order chi connectivity index (χ1) is 22.3. The van der Waals surface area contributed by atoms with Gasteiger partial charge in [0.2, 0.25) is 0 Å². The van der Waals surface area contributed by atoms with Crippen molar-refractivity contribution in [1.29, 1.82) is 0 Å². The Morgan fingerprint density at radius 2 is 1.13 bits per heavy atom. The maximum atomic E-state index is 6.67. The van der Waals surface area contributed by atoms with E-state index in [1.54, 1.807) is 11.1 Å². The van der Waals surface area contributed by atoms with Crippen LogP contribution in [0.3, 0.4) is 0 Å². The molecule has 0 amide bonds. The Bertz CT molecular complexity index is 2180. The second-order valence-corrected chi connectivity index (χ2v) is 14.5. The molecule has 12 rings (SSSR count). The normalized spacial score (nSPS) is 26.0. The first kappa shape index (κ1) is 24.7. The van der Waals surface area contributed by atoms with Crippen LogP contribution in [0.15, 0.2) is 121 Å². The highest BCUT2D eigenvalue weighted by atomic mass is 16.5. The van der Waals surface area contributed by atoms with Crippen molar-refractivity contribution >= 4 is 10.8 Å². The van der Waals surface area contributed by atoms with Crippen molar-refractivity contribution in [2.45, 2.75) is 37.5 Å². The number of rotatable bonds is 2. The average Bonchev–Trinajstić information content (AvgIpc) is 3.37. The quantitative estimate of drug-likeness (QED) is 0.198. The lowest BCUT2D eigenvalue weighted by Gasteiger charge is -2.61. The summed E-state index contributed by atoms with van der Waals surface area (Å²) < 4.78 is 6.67. The third kappa shape index (κ3) is 3.19. The van der Waals surface area contributed by atoms with Crippen molar-refractivity contribution in [2.75, 3.05) is 0 Å². The topological polar surface area (TPSA) is 9.23 Å². The van der Waals surface area contributed by atoms with Gasteiger partial charge in [0.05, 0.1) is 0 Å². The lowest BCUT2D eigenvalue weighted by Crippen LogP contribution is -2.55. The highest BCUT2D eigenvalue weighted by Crippen LogP contribution is 2.69. The van der Waals surface area contributed by atoms with E-state index in [9.17, 15) is 0 Å². The fraction of sp³-hybridized carbons (Fsp3) is 0.227. The molecule has 1 aliphatic heterocycles. The number of hydrogen-bond acceptors (Lipinski definition) is 1. The molecule has 6 aromatic carbocycles. The Kier molecular flexibility index (Phi) is 4.80. The van der Waals surface area contributed by atoms with Gasteiger partial charge in [-0.15, -0.1) is 0 Å². The van der Waals surface area contributed by atoms with Crippen LogP contribution in [0.4, 0.5) is 0 Å². The number of ether oxygens (including phenoxy) is 1. The molecule has 0 atom stereocenters. The minimum absolute atomic E-state index is 0.181. The number of hydrogen-bond donors (Lipinski definition) is 0. The second-order valence-electron chi connectivity index (χ2n) is 14.5. The van der Waals surface area contributed by atoms with E-state index in [0.717, 1.165) is 35.2 Å². The summed E-state index contributed by atoms with van der Waals surface area (Å²) in [7, 11) is 0. The molecule has 6 aliphatic rings. The van der Waals surface area contributed by atoms with Gasteiger partial charge in [-0.25, -0.2) is 0 Å². The molecular weight excluding hydrogens is 544 g/mol. The van der Waals surface area contributed by atoms with E-state index in [4.69, 9.17) is 4.74 Å². The Labute approximate surface area is 264 Å². The van der Waals surface area contributed by atoms with Gasteiger partial charge in [0, 0.05) is 16.4 Å². The van der Waals surface area contributed by atoms with E-state index in [1.165, 1.54) is 87.4 Å². The SMILES string of the molecule is c1ccc(-c2ccc3c(c2)Oc2ccc(-c4ccc5c(c4)C4(c6ccccc6-5)C5CC6CC(C5)CC4C6)c4cccc-3c24)cc1. The standard InChI is InChI=1S/C44H34O/c1-2-7-28(8-3-1)29-13-16-36-38-11-6-10-37-33(17-18-41(43(37)38)45-42(36)25-29)30-14-15-35-34-9-4-5-12-39(34)44(40(35)24-30)31-20-26-19-27(22-31)23-32(44)21-26/h1-18,24-27,31-32H,19-23H2. The fourth-order valence-corrected chi connectivity index (χ4v) is 11.0. The maximum absolute atomic E-state index is 6.67. The van der Waals surface area contributed by atoms with Crippen LogP contribution in [0, 0.1) is 23.7 Å². The van der Waals surface area contributed by atoms with Crippen molar-refractivity contribution in [3.05, 3.63) is 132 Å². The molecule has 5 aliphatic carbocycles. The van der Waals surface area contributed by atoms with Crippen LogP contribution in [0.5, 0.6) is 11.5 Å². The first-order valence-corrected chi connectivity index (χ1v) is 16.9. The summed E-state index contributed by atoms with van der Waals surface area (Å²) in [5.74, 6) is 5.33. The van der Waals surface area contributed by atoms with Crippen LogP contribution in [0.1, 0.15) is 43.2 Å². The summed E-state index contributed by atoms with van der Waals surface area (Å²) >= 11 is 0. The third-order valence-electron chi connectivity index (χ3n) is 12.5. The minimum atomic E-state index is 0.181. The van der Waals surface area contributed by atoms with Gasteiger partial charge >= 0.3 is 0 Å². The zero-order chi connectivity index (χ0) is 29.3. The van der Waals surface area contributed by atoms with Crippen molar-refractivity contribution in [3.63, 3.8) is 0 Å². The fourth-order valence-electron chi connectivity index (χ4n) is 11.0. The van der Waals surface area contributed by atoms with Crippen LogP contribution in [0.25, 0.3) is 55.3 Å². The molecule has 1 heterocycles. The molecule has 0 aromatic heterocycles. The van der Waals surface area contributed by atoms with E-state index < -0.39 is 0 Å². The molecule has 0 saturated heterocycles. The highest BCUT2D eigenvalue weighted by molar-refractivity contribution is 6.10. The summed E-state index contributed by atoms with van der Waals surface area (Å²) in [5.41, 5.74) is 13.9. The van der Waals surface area contributed by atoms with E-state index in [2.05, 4.69) is 121 Å². The molecule has 1 spiro atoms. The van der Waals surface area contributed by atoms with E-state index in [1.807, 2.05) is 0 Å². The molecule has 216 valence electrons. The van der Waals surface area contributed by atoms with Gasteiger partial charge in [0.1, 0.15) is 11.5 Å². The Balaban J connectivity index is 1.08. The van der Waals surface area contributed by atoms with Gasteiger partial charge in [0.15, 0.2) is 0 Å². The second kappa shape index (κ2) is 8.76. The first-order valence-electron chi connectivity index (χ1n) is 16.9. The zero-order valence-corrected chi connectivity index (χ0v) is 25.3. The van der Waals surface area contributed by atoms with Gasteiger partial charge in [0.25, 0.3) is 0 Å². The van der Waals surface area contributed by atoms with Crippen LogP contribution >= 0.6 is 0 Å². The Hall–Kier alpha value is -4.62. The Morgan fingerprint density at radius 3 is 1.98 bits per heavy atom.